The molecule has 1 aliphatic rings. The molecule has 0 spiro atoms. The molecule has 0 aliphatic carbocycles. The normalized spacial score (nSPS) is 17.3. The Kier molecular flexibility index (Phi) is 9.26. The van der Waals surface area contributed by atoms with E-state index in [2.05, 4.69) is 22.2 Å². The van der Waals surface area contributed by atoms with Crippen LogP contribution in [0.25, 0.3) is 11.0 Å². The van der Waals surface area contributed by atoms with Crippen molar-refractivity contribution < 1.29 is 29.0 Å². The van der Waals surface area contributed by atoms with Crippen molar-refractivity contribution in [3.8, 4) is 6.07 Å². The molecule has 36 heavy (non-hydrogen) atoms. The van der Waals surface area contributed by atoms with Crippen LogP contribution in [0.5, 0.6) is 0 Å². The lowest BCUT2D eigenvalue weighted by molar-refractivity contribution is -0.131. The van der Waals surface area contributed by atoms with Gasteiger partial charge < -0.3 is 29.7 Å². The predicted octanol–water partition coefficient (Wildman–Crippen LogP) is 2.18. The van der Waals surface area contributed by atoms with Gasteiger partial charge in [-0.05, 0) is 31.2 Å². The van der Waals surface area contributed by atoms with Gasteiger partial charge in [-0.2, -0.15) is 5.26 Å². The summed E-state index contributed by atoms with van der Waals surface area (Å²) in [6, 6.07) is 3.78. The fraction of sp³-hybridized carbons (Fsp3) is 0.565. The van der Waals surface area contributed by atoms with E-state index in [4.69, 9.17) is 19.8 Å². The van der Waals surface area contributed by atoms with Gasteiger partial charge in [-0.25, -0.2) is 19.6 Å². The zero-order valence-electron chi connectivity index (χ0n) is 20.4. The standard InChI is InChI=1S/C23H31N7O6/c1-16-6-10-29(19(31)5-8-24)13-18(16)28(2)20-17-7-11-30(21(17)27-14-26-20)15-36-23(34)35-12-4-3-9-25-22(32)33/h7,11,14,16,18,25H,3-6,9-10,12-13,15H2,1-2H3,(H,32,33)/t16-,18+/m1/s1. The lowest BCUT2D eigenvalue weighted by atomic mass is 9.92. The number of piperidine rings is 1. The number of nitriles is 1. The summed E-state index contributed by atoms with van der Waals surface area (Å²) in [5.74, 6) is 0.844. The number of fused-ring (bicyclic) bond motifs is 1. The first kappa shape index (κ1) is 26.5. The van der Waals surface area contributed by atoms with Crippen molar-refractivity contribution in [3.63, 3.8) is 0 Å². The lowest BCUT2D eigenvalue weighted by Gasteiger charge is -2.42. The van der Waals surface area contributed by atoms with Crippen LogP contribution in [0.15, 0.2) is 18.6 Å². The van der Waals surface area contributed by atoms with Crippen LogP contribution in [-0.2, 0) is 21.0 Å². The van der Waals surface area contributed by atoms with E-state index in [1.165, 1.54) is 6.33 Å². The van der Waals surface area contributed by atoms with E-state index in [1.54, 1.807) is 15.7 Å². The van der Waals surface area contributed by atoms with Crippen LogP contribution in [-0.4, -0.2) is 82.0 Å². The summed E-state index contributed by atoms with van der Waals surface area (Å²) in [4.78, 5) is 47.2. The van der Waals surface area contributed by atoms with Gasteiger partial charge in [-0.3, -0.25) is 9.36 Å². The largest absolute Gasteiger partial charge is 0.510 e. The minimum Gasteiger partial charge on any atom is -0.465 e. The van der Waals surface area contributed by atoms with E-state index >= 15 is 0 Å². The summed E-state index contributed by atoms with van der Waals surface area (Å²) < 4.78 is 11.9. The average molecular weight is 502 g/mol. The number of nitrogens with zero attached hydrogens (tertiary/aromatic N) is 6. The van der Waals surface area contributed by atoms with Crippen molar-refractivity contribution in [1.82, 2.24) is 24.8 Å². The number of likely N-dealkylation sites (tertiary alicyclic amines) is 1. The quantitative estimate of drug-likeness (QED) is 0.364. The van der Waals surface area contributed by atoms with Gasteiger partial charge in [-0.1, -0.05) is 6.92 Å². The summed E-state index contributed by atoms with van der Waals surface area (Å²) >= 11 is 0. The van der Waals surface area contributed by atoms with Crippen LogP contribution in [0.3, 0.4) is 0 Å². The fourth-order valence-electron chi connectivity index (χ4n) is 4.23. The molecule has 3 rings (SSSR count). The summed E-state index contributed by atoms with van der Waals surface area (Å²) in [5, 5.41) is 20.4. The molecule has 1 aliphatic heterocycles. The Morgan fingerprint density at radius 1 is 1.31 bits per heavy atom. The number of ether oxygens (including phenoxy) is 2. The van der Waals surface area contributed by atoms with Gasteiger partial charge >= 0.3 is 12.2 Å². The zero-order chi connectivity index (χ0) is 26.1. The number of anilines is 1. The first-order valence-corrected chi connectivity index (χ1v) is 11.8. The van der Waals surface area contributed by atoms with Crippen molar-refractivity contribution in [3.05, 3.63) is 18.6 Å². The molecule has 13 nitrogen and oxygen atoms in total. The first-order valence-electron chi connectivity index (χ1n) is 11.8. The molecule has 0 unspecified atom stereocenters. The number of hydrogen-bond acceptors (Lipinski definition) is 9. The van der Waals surface area contributed by atoms with Gasteiger partial charge in [0.25, 0.3) is 0 Å². The zero-order valence-corrected chi connectivity index (χ0v) is 20.4. The number of amides is 2. The monoisotopic (exact) mass is 501 g/mol. The van der Waals surface area contributed by atoms with Gasteiger partial charge in [0.05, 0.1) is 24.1 Å². The smallest absolute Gasteiger partial charge is 0.465 e. The lowest BCUT2D eigenvalue weighted by Crippen LogP contribution is -2.52. The van der Waals surface area contributed by atoms with E-state index in [-0.39, 0.29) is 38.3 Å². The van der Waals surface area contributed by atoms with Gasteiger partial charge in [0, 0.05) is 32.9 Å². The minimum absolute atomic E-state index is 0.0137. The Hall–Kier alpha value is -4.08. The number of aromatic nitrogens is 3. The Balaban J connectivity index is 1.59. The molecule has 0 aromatic carbocycles. The Labute approximate surface area is 208 Å². The molecule has 0 radical (unpaired) electrons. The van der Waals surface area contributed by atoms with Gasteiger partial charge in [0.1, 0.15) is 24.2 Å². The maximum Gasteiger partial charge on any atom is 0.510 e. The SMILES string of the molecule is C[C@@H]1CCN(C(=O)CC#N)C[C@@H]1N(C)c1ncnc2c1ccn2COC(=O)OCCCCNC(=O)O. The number of rotatable bonds is 10. The number of carbonyl (C=O) groups excluding carboxylic acids is 2. The number of nitrogens with one attached hydrogen (secondary N) is 1. The molecule has 13 heteroatoms. The molecule has 0 bridgehead atoms. The molecule has 2 atom stereocenters. The van der Waals surface area contributed by atoms with E-state index in [0.717, 1.165) is 11.8 Å². The first-order chi connectivity index (χ1) is 17.3. The summed E-state index contributed by atoms with van der Waals surface area (Å²) in [7, 11) is 1.93. The molecule has 3 heterocycles. The highest BCUT2D eigenvalue weighted by atomic mass is 16.7. The molecule has 2 aromatic heterocycles. The van der Waals surface area contributed by atoms with Gasteiger partial charge in [-0.15, -0.1) is 0 Å². The molecule has 2 N–H and O–H groups in total. The maximum absolute atomic E-state index is 12.3. The number of unbranched alkanes of at least 4 members (excludes halogenated alkanes) is 1. The molecule has 1 fully saturated rings. The van der Waals surface area contributed by atoms with Crippen molar-refractivity contribution >= 4 is 35.0 Å². The van der Waals surface area contributed by atoms with E-state index in [9.17, 15) is 14.4 Å². The van der Waals surface area contributed by atoms with E-state index in [0.29, 0.717) is 43.3 Å². The minimum atomic E-state index is -1.09. The summed E-state index contributed by atoms with van der Waals surface area (Å²) in [6.45, 7) is 3.59. The van der Waals surface area contributed by atoms with Crippen molar-refractivity contribution in [2.24, 2.45) is 5.92 Å². The Morgan fingerprint density at radius 2 is 2.11 bits per heavy atom. The number of likely N-dealkylation sites (N-methyl/N-ethyl adjacent to an activating group) is 1. The van der Waals surface area contributed by atoms with Crippen LogP contribution in [0, 0.1) is 17.2 Å². The molecular formula is C23H31N7O6. The molecule has 1 saturated heterocycles. The molecule has 2 amide bonds. The summed E-state index contributed by atoms with van der Waals surface area (Å²) in [6.07, 6.45) is 3.02. The average Bonchev–Trinajstić information content (AvgIpc) is 3.28. The van der Waals surface area contributed by atoms with Crippen LogP contribution < -0.4 is 10.2 Å². The second-order valence-corrected chi connectivity index (χ2v) is 8.65. The number of carbonyl (C=O) groups is 3. The van der Waals surface area contributed by atoms with Crippen LogP contribution in [0.4, 0.5) is 15.4 Å². The van der Waals surface area contributed by atoms with Crippen molar-refractivity contribution in [2.75, 3.05) is 38.2 Å². The van der Waals surface area contributed by atoms with E-state index in [1.807, 2.05) is 24.1 Å². The van der Waals surface area contributed by atoms with Crippen molar-refractivity contribution in [2.45, 2.75) is 45.4 Å². The molecule has 2 aromatic rings. The van der Waals surface area contributed by atoms with Crippen molar-refractivity contribution in [1.29, 1.82) is 5.26 Å². The highest BCUT2D eigenvalue weighted by Gasteiger charge is 2.32. The molecular weight excluding hydrogens is 470 g/mol. The third-order valence-electron chi connectivity index (χ3n) is 6.26. The second kappa shape index (κ2) is 12.6. The predicted molar refractivity (Wildman–Crippen MR) is 128 cm³/mol. The highest BCUT2D eigenvalue weighted by molar-refractivity contribution is 5.88. The Morgan fingerprint density at radius 3 is 2.86 bits per heavy atom. The second-order valence-electron chi connectivity index (χ2n) is 8.65. The maximum atomic E-state index is 12.3. The van der Waals surface area contributed by atoms with Gasteiger partial charge in [0.15, 0.2) is 6.73 Å². The fourth-order valence-corrected chi connectivity index (χ4v) is 4.23. The Bertz CT molecular complexity index is 1110. The van der Waals surface area contributed by atoms with Crippen LogP contribution in [0.2, 0.25) is 0 Å². The molecule has 0 saturated carbocycles. The summed E-state index contributed by atoms with van der Waals surface area (Å²) in [5.41, 5.74) is 0.584. The number of carboxylic acid groups (broad SMARTS) is 1. The third-order valence-corrected chi connectivity index (χ3v) is 6.26. The van der Waals surface area contributed by atoms with Crippen LogP contribution >= 0.6 is 0 Å². The van der Waals surface area contributed by atoms with Gasteiger partial charge in [0.2, 0.25) is 5.91 Å². The van der Waals surface area contributed by atoms with E-state index < -0.39 is 12.2 Å². The molecule has 194 valence electrons. The topological polar surface area (TPSA) is 163 Å². The van der Waals surface area contributed by atoms with Crippen LogP contribution in [0.1, 0.15) is 32.6 Å². The highest BCUT2D eigenvalue weighted by Crippen LogP contribution is 2.29. The number of hydrogen-bond donors (Lipinski definition) is 2. The third kappa shape index (κ3) is 6.74.